The quantitative estimate of drug-likeness (QED) is 0.404. The minimum Gasteiger partial charge on any atom is -0.264 e. The first-order valence-electron chi connectivity index (χ1n) is 6.22. The Hall–Kier alpha value is -2.53. The molecule has 21 heavy (non-hydrogen) atoms. The van der Waals surface area contributed by atoms with Gasteiger partial charge in [0.15, 0.2) is 0 Å². The monoisotopic (exact) mass is 299 g/mol. The number of aromatic nitrogens is 2. The van der Waals surface area contributed by atoms with Crippen molar-refractivity contribution in [3.8, 4) is 11.1 Å². The van der Waals surface area contributed by atoms with E-state index in [1.807, 2.05) is 13.0 Å². The molecule has 3 aromatic rings. The van der Waals surface area contributed by atoms with Crippen molar-refractivity contribution in [3.63, 3.8) is 0 Å². The third-order valence-corrected chi connectivity index (χ3v) is 3.58. The predicted molar refractivity (Wildman–Crippen MR) is 81.4 cm³/mol. The lowest BCUT2D eigenvalue weighted by molar-refractivity contribution is -0.384. The highest BCUT2D eigenvalue weighted by Crippen LogP contribution is 2.33. The van der Waals surface area contributed by atoms with Gasteiger partial charge < -0.3 is 0 Å². The van der Waals surface area contributed by atoms with Crippen molar-refractivity contribution < 1.29 is 4.92 Å². The van der Waals surface area contributed by atoms with Crippen LogP contribution in [0, 0.1) is 17.0 Å². The van der Waals surface area contributed by atoms with Crippen molar-refractivity contribution in [2.24, 2.45) is 0 Å². The van der Waals surface area contributed by atoms with Crippen LogP contribution >= 0.6 is 11.6 Å². The molecule has 0 aliphatic heterocycles. The minimum absolute atomic E-state index is 0.0259. The van der Waals surface area contributed by atoms with Gasteiger partial charge in [-0.2, -0.15) is 0 Å². The number of hydrogen-bond donors (Lipinski definition) is 0. The number of nitro benzene ring substituents is 1. The number of nitro groups is 1. The summed E-state index contributed by atoms with van der Waals surface area (Å²) >= 11 is 6.24. The Morgan fingerprint density at radius 1 is 1.19 bits per heavy atom. The Labute approximate surface area is 125 Å². The molecule has 2 aromatic heterocycles. The average Bonchev–Trinajstić information content (AvgIpc) is 2.47. The molecule has 0 saturated carbocycles. The fraction of sp³-hybridized carbons (Fsp3) is 0.0667. The lowest BCUT2D eigenvalue weighted by Gasteiger charge is -2.09. The van der Waals surface area contributed by atoms with Gasteiger partial charge in [-0.3, -0.25) is 15.1 Å². The normalized spacial score (nSPS) is 10.8. The van der Waals surface area contributed by atoms with Gasteiger partial charge >= 0.3 is 0 Å². The maximum atomic E-state index is 10.9. The van der Waals surface area contributed by atoms with Crippen LogP contribution in [0.4, 0.5) is 5.69 Å². The van der Waals surface area contributed by atoms with Crippen molar-refractivity contribution in [1.82, 2.24) is 9.97 Å². The molecule has 0 radical (unpaired) electrons. The zero-order valence-corrected chi connectivity index (χ0v) is 11.8. The Morgan fingerprint density at radius 2 is 2.00 bits per heavy atom. The molecule has 0 saturated heterocycles. The second-order valence-electron chi connectivity index (χ2n) is 4.65. The molecule has 0 aliphatic rings. The van der Waals surface area contributed by atoms with E-state index in [0.29, 0.717) is 16.3 Å². The smallest absolute Gasteiger partial charge is 0.264 e. The van der Waals surface area contributed by atoms with Gasteiger partial charge in [0, 0.05) is 35.5 Å². The number of aryl methyl sites for hydroxylation is 1. The van der Waals surface area contributed by atoms with Crippen molar-refractivity contribution in [2.45, 2.75) is 6.92 Å². The lowest BCUT2D eigenvalue weighted by Crippen LogP contribution is -1.93. The molecule has 0 fully saturated rings. The molecule has 0 unspecified atom stereocenters. The highest BCUT2D eigenvalue weighted by atomic mass is 35.5. The second-order valence-corrected chi connectivity index (χ2v) is 5.01. The molecule has 6 heteroatoms. The van der Waals surface area contributed by atoms with E-state index < -0.39 is 4.92 Å². The van der Waals surface area contributed by atoms with Crippen LogP contribution in [0.3, 0.4) is 0 Å². The van der Waals surface area contributed by atoms with Gasteiger partial charge in [0.05, 0.1) is 10.4 Å². The van der Waals surface area contributed by atoms with Gasteiger partial charge in [0.25, 0.3) is 5.69 Å². The molecule has 0 atom stereocenters. The Kier molecular flexibility index (Phi) is 3.27. The first kappa shape index (κ1) is 13.5. The molecule has 0 spiro atoms. The van der Waals surface area contributed by atoms with E-state index in [1.54, 1.807) is 24.5 Å². The van der Waals surface area contributed by atoms with E-state index in [-0.39, 0.29) is 5.69 Å². The summed E-state index contributed by atoms with van der Waals surface area (Å²) in [4.78, 5) is 18.9. The number of halogens is 1. The summed E-state index contributed by atoms with van der Waals surface area (Å²) < 4.78 is 0. The third kappa shape index (κ3) is 2.43. The molecule has 0 amide bonds. The van der Waals surface area contributed by atoms with Crippen LogP contribution in [-0.2, 0) is 0 Å². The van der Waals surface area contributed by atoms with Crippen LogP contribution in [0.1, 0.15) is 5.56 Å². The zero-order valence-electron chi connectivity index (χ0n) is 11.1. The first-order valence-corrected chi connectivity index (χ1v) is 6.60. The number of benzene rings is 1. The maximum Gasteiger partial charge on any atom is 0.270 e. The molecule has 0 N–H and O–H groups in total. The van der Waals surface area contributed by atoms with Crippen LogP contribution in [0.2, 0.25) is 5.15 Å². The van der Waals surface area contributed by atoms with Crippen molar-refractivity contribution in [3.05, 3.63) is 63.6 Å². The van der Waals surface area contributed by atoms with E-state index in [0.717, 1.165) is 16.5 Å². The molecule has 2 heterocycles. The van der Waals surface area contributed by atoms with E-state index >= 15 is 0 Å². The van der Waals surface area contributed by atoms with Crippen molar-refractivity contribution in [1.29, 1.82) is 0 Å². The summed E-state index contributed by atoms with van der Waals surface area (Å²) in [5.41, 5.74) is 3.03. The fourth-order valence-corrected chi connectivity index (χ4v) is 2.44. The molecule has 104 valence electrons. The van der Waals surface area contributed by atoms with Gasteiger partial charge in [0.2, 0.25) is 0 Å². The predicted octanol–water partition coefficient (Wildman–Crippen LogP) is 4.17. The minimum atomic E-state index is -0.424. The number of pyridine rings is 2. The van der Waals surface area contributed by atoms with E-state index in [4.69, 9.17) is 11.6 Å². The van der Waals surface area contributed by atoms with Crippen LogP contribution in [0.15, 0.2) is 42.7 Å². The molecule has 0 bridgehead atoms. The zero-order chi connectivity index (χ0) is 15.0. The number of rotatable bonds is 2. The Morgan fingerprint density at radius 3 is 2.76 bits per heavy atom. The SMILES string of the molecule is Cc1ccc([N+](=O)[O-])cc1-c1cc2cnccc2nc1Cl. The first-order chi connectivity index (χ1) is 10.1. The fourth-order valence-electron chi connectivity index (χ4n) is 2.20. The van der Waals surface area contributed by atoms with Crippen LogP contribution in [-0.4, -0.2) is 14.9 Å². The summed E-state index contributed by atoms with van der Waals surface area (Å²) in [6.45, 7) is 1.88. The number of non-ortho nitro benzene ring substituents is 1. The third-order valence-electron chi connectivity index (χ3n) is 3.29. The lowest BCUT2D eigenvalue weighted by atomic mass is 10.0. The van der Waals surface area contributed by atoms with Gasteiger partial charge in [0.1, 0.15) is 5.15 Å². The van der Waals surface area contributed by atoms with Gasteiger partial charge in [-0.05, 0) is 30.2 Å². The summed E-state index contributed by atoms with van der Waals surface area (Å²) in [7, 11) is 0. The Balaban J connectivity index is 2.26. The molecular formula is C15H10ClN3O2. The number of nitrogens with zero attached hydrogens (tertiary/aromatic N) is 3. The highest BCUT2D eigenvalue weighted by Gasteiger charge is 2.14. The Bertz CT molecular complexity index is 865. The molecule has 5 nitrogen and oxygen atoms in total. The average molecular weight is 300 g/mol. The van der Waals surface area contributed by atoms with Crippen LogP contribution in [0.5, 0.6) is 0 Å². The number of hydrogen-bond acceptors (Lipinski definition) is 4. The van der Waals surface area contributed by atoms with Crippen LogP contribution < -0.4 is 0 Å². The van der Waals surface area contributed by atoms with E-state index in [1.165, 1.54) is 12.1 Å². The number of fused-ring (bicyclic) bond motifs is 1. The van der Waals surface area contributed by atoms with Gasteiger partial charge in [-0.25, -0.2) is 4.98 Å². The molecule has 3 rings (SSSR count). The second kappa shape index (κ2) is 5.10. The van der Waals surface area contributed by atoms with Gasteiger partial charge in [-0.15, -0.1) is 0 Å². The van der Waals surface area contributed by atoms with E-state index in [9.17, 15) is 10.1 Å². The largest absolute Gasteiger partial charge is 0.270 e. The molecule has 1 aromatic carbocycles. The summed E-state index contributed by atoms with van der Waals surface area (Å²) in [5, 5.41) is 12.1. The van der Waals surface area contributed by atoms with Crippen LogP contribution in [0.25, 0.3) is 22.0 Å². The summed E-state index contributed by atoms with van der Waals surface area (Å²) in [5.74, 6) is 0. The van der Waals surface area contributed by atoms with E-state index in [2.05, 4.69) is 9.97 Å². The van der Waals surface area contributed by atoms with Crippen molar-refractivity contribution in [2.75, 3.05) is 0 Å². The standard InChI is InChI=1S/C15H10ClN3O2/c1-9-2-3-11(19(20)21)7-12(9)13-6-10-8-17-5-4-14(10)18-15(13)16/h2-8H,1H3. The molecular weight excluding hydrogens is 290 g/mol. The maximum absolute atomic E-state index is 10.9. The summed E-state index contributed by atoms with van der Waals surface area (Å²) in [6, 6.07) is 8.31. The topological polar surface area (TPSA) is 68.9 Å². The van der Waals surface area contributed by atoms with Gasteiger partial charge in [-0.1, -0.05) is 17.7 Å². The van der Waals surface area contributed by atoms with Crippen molar-refractivity contribution >= 4 is 28.2 Å². The molecule has 0 aliphatic carbocycles. The summed E-state index contributed by atoms with van der Waals surface area (Å²) in [6.07, 6.45) is 3.33. The highest BCUT2D eigenvalue weighted by molar-refractivity contribution is 6.32.